The number of nitrogens with zero attached hydrogens (tertiary/aromatic N) is 1. The Kier molecular flexibility index (Phi) is 7.70. The normalized spacial score (nSPS) is 16.2. The third kappa shape index (κ3) is 5.68. The van der Waals surface area contributed by atoms with E-state index in [1.807, 2.05) is 36.4 Å². The SMILES string of the molecule is CC(C)(C)c1ccc(/C=C/CCN2CCC(C(O)(c3ccccc3)c3ccccc3)CC2)cc1. The summed E-state index contributed by atoms with van der Waals surface area (Å²) in [6, 6.07) is 29.3. The molecule has 34 heavy (non-hydrogen) atoms. The lowest BCUT2D eigenvalue weighted by atomic mass is 9.72. The lowest BCUT2D eigenvalue weighted by molar-refractivity contribution is -0.0139. The zero-order valence-electron chi connectivity index (χ0n) is 21.0. The van der Waals surface area contributed by atoms with Crippen LogP contribution in [0.5, 0.6) is 0 Å². The minimum atomic E-state index is -0.937. The van der Waals surface area contributed by atoms with Crippen molar-refractivity contribution in [1.82, 2.24) is 4.90 Å². The van der Waals surface area contributed by atoms with Gasteiger partial charge in [0, 0.05) is 6.54 Å². The number of benzene rings is 3. The molecule has 4 rings (SSSR count). The summed E-state index contributed by atoms with van der Waals surface area (Å²) in [7, 11) is 0. The maximum absolute atomic E-state index is 12.0. The van der Waals surface area contributed by atoms with E-state index in [4.69, 9.17) is 0 Å². The molecule has 1 aliphatic rings. The highest BCUT2D eigenvalue weighted by Crippen LogP contribution is 2.41. The first-order chi connectivity index (χ1) is 16.4. The van der Waals surface area contributed by atoms with Gasteiger partial charge >= 0.3 is 0 Å². The maximum atomic E-state index is 12.0. The van der Waals surface area contributed by atoms with Gasteiger partial charge in [-0.15, -0.1) is 0 Å². The van der Waals surface area contributed by atoms with E-state index in [9.17, 15) is 5.11 Å². The highest BCUT2D eigenvalue weighted by atomic mass is 16.3. The second-order valence-electron chi connectivity index (χ2n) is 10.7. The van der Waals surface area contributed by atoms with Gasteiger partial charge in [0.05, 0.1) is 0 Å². The van der Waals surface area contributed by atoms with Gasteiger partial charge in [-0.25, -0.2) is 0 Å². The molecule has 1 saturated heterocycles. The number of likely N-dealkylation sites (tertiary alicyclic amines) is 1. The van der Waals surface area contributed by atoms with Gasteiger partial charge in [-0.3, -0.25) is 0 Å². The molecule has 2 nitrogen and oxygen atoms in total. The summed E-state index contributed by atoms with van der Waals surface area (Å²) in [5, 5.41) is 12.0. The van der Waals surface area contributed by atoms with E-state index < -0.39 is 5.60 Å². The fraction of sp³-hybridized carbons (Fsp3) is 0.375. The molecule has 0 unspecified atom stereocenters. The molecule has 0 atom stereocenters. The molecular weight excluding hydrogens is 414 g/mol. The van der Waals surface area contributed by atoms with Crippen molar-refractivity contribution in [2.24, 2.45) is 5.92 Å². The molecule has 2 heteroatoms. The molecule has 1 fully saturated rings. The largest absolute Gasteiger partial charge is 0.380 e. The number of aliphatic hydroxyl groups is 1. The van der Waals surface area contributed by atoms with Crippen molar-refractivity contribution in [2.75, 3.05) is 19.6 Å². The third-order valence-electron chi connectivity index (χ3n) is 7.31. The second kappa shape index (κ2) is 10.7. The van der Waals surface area contributed by atoms with Crippen LogP contribution in [0, 0.1) is 5.92 Å². The summed E-state index contributed by atoms with van der Waals surface area (Å²) in [6.45, 7) is 9.88. The molecule has 3 aromatic carbocycles. The zero-order valence-corrected chi connectivity index (χ0v) is 21.0. The van der Waals surface area contributed by atoms with Crippen LogP contribution in [-0.2, 0) is 11.0 Å². The smallest absolute Gasteiger partial charge is 0.117 e. The summed E-state index contributed by atoms with van der Waals surface area (Å²) >= 11 is 0. The van der Waals surface area contributed by atoms with Crippen molar-refractivity contribution in [3.8, 4) is 0 Å². The molecule has 0 aromatic heterocycles. The van der Waals surface area contributed by atoms with Crippen molar-refractivity contribution in [3.05, 3.63) is 113 Å². The molecule has 0 amide bonds. The van der Waals surface area contributed by atoms with Gasteiger partial charge in [0.25, 0.3) is 0 Å². The topological polar surface area (TPSA) is 23.5 Å². The monoisotopic (exact) mass is 453 g/mol. The molecule has 0 aliphatic carbocycles. The van der Waals surface area contributed by atoms with Crippen molar-refractivity contribution >= 4 is 6.08 Å². The number of hydrogen-bond acceptors (Lipinski definition) is 2. The molecule has 1 N–H and O–H groups in total. The molecule has 0 spiro atoms. The van der Waals surface area contributed by atoms with Gasteiger partial charge in [-0.1, -0.05) is 118 Å². The molecule has 1 heterocycles. The van der Waals surface area contributed by atoms with Crippen molar-refractivity contribution in [2.45, 2.75) is 51.0 Å². The van der Waals surface area contributed by atoms with Crippen LogP contribution in [0.25, 0.3) is 6.08 Å². The van der Waals surface area contributed by atoms with E-state index >= 15 is 0 Å². The highest BCUT2D eigenvalue weighted by Gasteiger charge is 2.41. The van der Waals surface area contributed by atoms with Gasteiger partial charge in [0.15, 0.2) is 0 Å². The Balaban J connectivity index is 1.34. The van der Waals surface area contributed by atoms with Crippen molar-refractivity contribution in [1.29, 1.82) is 0 Å². The molecular formula is C32H39NO. The average Bonchev–Trinajstić information content (AvgIpc) is 2.87. The Bertz CT molecular complexity index is 1000. The minimum Gasteiger partial charge on any atom is -0.380 e. The van der Waals surface area contributed by atoms with Crippen LogP contribution < -0.4 is 0 Å². The van der Waals surface area contributed by atoms with Crippen LogP contribution in [0.15, 0.2) is 91.0 Å². The third-order valence-corrected chi connectivity index (χ3v) is 7.31. The standard InChI is InChI=1S/C32H39NO/c1-31(2,3)27-19-17-26(18-20-27)12-10-11-23-33-24-21-30(22-25-33)32(34,28-13-6-4-7-14-28)29-15-8-5-9-16-29/h4-10,12-20,30,34H,11,21-25H2,1-3H3/b12-10+. The van der Waals surface area contributed by atoms with Crippen LogP contribution in [-0.4, -0.2) is 29.6 Å². The molecule has 0 bridgehead atoms. The first kappa shape index (κ1) is 24.4. The number of piperidine rings is 1. The average molecular weight is 454 g/mol. The van der Waals surface area contributed by atoms with Crippen LogP contribution in [0.3, 0.4) is 0 Å². The van der Waals surface area contributed by atoms with Gasteiger partial charge < -0.3 is 10.0 Å². The summed E-state index contributed by atoms with van der Waals surface area (Å²) in [5.74, 6) is 0.213. The van der Waals surface area contributed by atoms with Gasteiger partial charge in [0.2, 0.25) is 0 Å². The van der Waals surface area contributed by atoms with Gasteiger partial charge in [0.1, 0.15) is 5.60 Å². The Morgan fingerprint density at radius 1 is 0.765 bits per heavy atom. The summed E-state index contributed by atoms with van der Waals surface area (Å²) < 4.78 is 0. The fourth-order valence-electron chi connectivity index (χ4n) is 5.17. The van der Waals surface area contributed by atoms with Crippen molar-refractivity contribution < 1.29 is 5.11 Å². The zero-order chi connectivity index (χ0) is 24.0. The Morgan fingerprint density at radius 3 is 1.79 bits per heavy atom. The van der Waals surface area contributed by atoms with E-state index in [1.165, 1.54) is 11.1 Å². The number of hydrogen-bond donors (Lipinski definition) is 1. The van der Waals surface area contributed by atoms with Crippen LogP contribution in [0.4, 0.5) is 0 Å². The fourth-order valence-corrected chi connectivity index (χ4v) is 5.17. The molecule has 1 aliphatic heterocycles. The summed E-state index contributed by atoms with van der Waals surface area (Å²) in [6.07, 6.45) is 7.58. The van der Waals surface area contributed by atoms with E-state index in [1.54, 1.807) is 0 Å². The maximum Gasteiger partial charge on any atom is 0.117 e. The van der Waals surface area contributed by atoms with Crippen LogP contribution >= 0.6 is 0 Å². The van der Waals surface area contributed by atoms with E-state index in [-0.39, 0.29) is 11.3 Å². The lowest BCUT2D eigenvalue weighted by Gasteiger charge is -2.42. The predicted octanol–water partition coefficient (Wildman–Crippen LogP) is 7.04. The lowest BCUT2D eigenvalue weighted by Crippen LogP contribution is -2.44. The molecule has 3 aromatic rings. The molecule has 0 radical (unpaired) electrons. The predicted molar refractivity (Wildman–Crippen MR) is 144 cm³/mol. The Hall–Kier alpha value is -2.68. The number of rotatable bonds is 7. The Labute approximate surface area is 206 Å². The minimum absolute atomic E-state index is 0.196. The first-order valence-corrected chi connectivity index (χ1v) is 12.7. The summed E-state index contributed by atoms with van der Waals surface area (Å²) in [4.78, 5) is 2.54. The Morgan fingerprint density at radius 2 is 1.29 bits per heavy atom. The van der Waals surface area contributed by atoms with E-state index in [0.29, 0.717) is 0 Å². The first-order valence-electron chi connectivity index (χ1n) is 12.7. The second-order valence-corrected chi connectivity index (χ2v) is 10.7. The van der Waals surface area contributed by atoms with E-state index in [0.717, 1.165) is 50.0 Å². The molecule has 178 valence electrons. The van der Waals surface area contributed by atoms with Gasteiger partial charge in [-0.2, -0.15) is 0 Å². The van der Waals surface area contributed by atoms with Crippen molar-refractivity contribution in [3.63, 3.8) is 0 Å². The molecule has 0 saturated carbocycles. The van der Waals surface area contributed by atoms with Crippen LogP contribution in [0.2, 0.25) is 0 Å². The summed E-state index contributed by atoms with van der Waals surface area (Å²) in [5.41, 5.74) is 3.90. The quantitative estimate of drug-likeness (QED) is 0.415. The van der Waals surface area contributed by atoms with E-state index in [2.05, 4.69) is 86.4 Å². The van der Waals surface area contributed by atoms with Crippen LogP contribution in [0.1, 0.15) is 62.3 Å². The highest BCUT2D eigenvalue weighted by molar-refractivity contribution is 5.50. The van der Waals surface area contributed by atoms with Gasteiger partial charge in [-0.05, 0) is 65.9 Å².